The number of rotatable bonds is 5. The molecule has 166 valence electrons. The smallest absolute Gasteiger partial charge is 0.224 e. The number of aryl methyl sites for hydroxylation is 3. The summed E-state index contributed by atoms with van der Waals surface area (Å²) in [5.41, 5.74) is 7.21. The van der Waals surface area contributed by atoms with Gasteiger partial charge in [-0.3, -0.25) is 9.78 Å². The van der Waals surface area contributed by atoms with E-state index in [9.17, 15) is 4.79 Å². The number of aromatic amines is 1. The van der Waals surface area contributed by atoms with E-state index in [2.05, 4.69) is 68.0 Å². The summed E-state index contributed by atoms with van der Waals surface area (Å²) in [5.74, 6) is 0.000258. The van der Waals surface area contributed by atoms with Gasteiger partial charge >= 0.3 is 0 Å². The zero-order valence-corrected chi connectivity index (χ0v) is 21.5. The molecule has 0 unspecified atom stereocenters. The van der Waals surface area contributed by atoms with Crippen LogP contribution in [0.4, 0.5) is 11.4 Å². The number of hydrogen-bond acceptors (Lipinski definition) is 3. The highest BCUT2D eigenvalue weighted by atomic mass is 127. The van der Waals surface area contributed by atoms with E-state index in [1.165, 1.54) is 9.13 Å². The number of anilines is 2. The highest BCUT2D eigenvalue weighted by Gasteiger charge is 2.43. The van der Waals surface area contributed by atoms with Crippen LogP contribution in [0.15, 0.2) is 42.6 Å². The van der Waals surface area contributed by atoms with Gasteiger partial charge in [-0.05, 0) is 91.5 Å². The highest BCUT2D eigenvalue weighted by Crippen LogP contribution is 2.45. The van der Waals surface area contributed by atoms with Crippen LogP contribution < -0.4 is 15.5 Å². The molecule has 2 atom stereocenters. The van der Waals surface area contributed by atoms with Crippen molar-refractivity contribution < 1.29 is 4.79 Å². The van der Waals surface area contributed by atoms with Crippen molar-refractivity contribution in [3.05, 3.63) is 74.4 Å². The Morgan fingerprint density at radius 3 is 2.59 bits per heavy atom. The number of pyridine rings is 1. The second kappa shape index (κ2) is 9.19. The van der Waals surface area contributed by atoms with E-state index in [0.717, 1.165) is 34.0 Å². The van der Waals surface area contributed by atoms with Crippen LogP contribution in [0.25, 0.3) is 0 Å². The number of thiocarbonyl (C=S) groups is 1. The third-order valence-electron chi connectivity index (χ3n) is 5.82. The third kappa shape index (κ3) is 4.13. The first-order chi connectivity index (χ1) is 15.3. The lowest BCUT2D eigenvalue weighted by molar-refractivity contribution is -0.115. The number of nitrogens with zero attached hydrogens (tertiary/aromatic N) is 2. The molecule has 1 aromatic carbocycles. The molecule has 1 fully saturated rings. The summed E-state index contributed by atoms with van der Waals surface area (Å²) in [4.78, 5) is 22.2. The van der Waals surface area contributed by atoms with E-state index in [1.807, 2.05) is 50.4 Å². The lowest BCUT2D eigenvalue weighted by Gasteiger charge is -2.29. The molecule has 1 saturated heterocycles. The molecule has 0 aliphatic carbocycles. The summed E-state index contributed by atoms with van der Waals surface area (Å²) in [7, 11) is 0. The molecule has 0 saturated carbocycles. The van der Waals surface area contributed by atoms with Gasteiger partial charge in [-0.1, -0.05) is 13.0 Å². The van der Waals surface area contributed by atoms with Crippen LogP contribution >= 0.6 is 34.8 Å². The minimum Gasteiger partial charge on any atom is -0.362 e. The van der Waals surface area contributed by atoms with Crippen LogP contribution in [0, 0.1) is 24.3 Å². The predicted octanol–water partition coefficient (Wildman–Crippen LogP) is 5.47. The lowest BCUT2D eigenvalue weighted by atomic mass is 9.96. The number of hydrogen-bond donors (Lipinski definition) is 3. The first-order valence-corrected chi connectivity index (χ1v) is 12.1. The largest absolute Gasteiger partial charge is 0.362 e. The highest BCUT2D eigenvalue weighted by molar-refractivity contribution is 14.1. The Balaban J connectivity index is 1.82. The molecule has 0 bridgehead atoms. The number of benzene rings is 1. The van der Waals surface area contributed by atoms with Crippen LogP contribution in [0.5, 0.6) is 0 Å². The van der Waals surface area contributed by atoms with Gasteiger partial charge in [0.15, 0.2) is 5.11 Å². The molecule has 3 N–H and O–H groups in total. The lowest BCUT2D eigenvalue weighted by Crippen LogP contribution is -2.30. The van der Waals surface area contributed by atoms with E-state index < -0.39 is 0 Å². The minimum atomic E-state index is -0.0918. The summed E-state index contributed by atoms with van der Waals surface area (Å²) >= 11 is 8.25. The summed E-state index contributed by atoms with van der Waals surface area (Å²) in [6.07, 6.45) is 2.26. The van der Waals surface area contributed by atoms with E-state index in [1.54, 1.807) is 0 Å². The molecule has 3 aromatic rings. The molecule has 4 rings (SSSR count). The average molecular weight is 559 g/mol. The number of H-pyrrole nitrogens is 1. The number of amides is 1. The van der Waals surface area contributed by atoms with Gasteiger partial charge in [-0.2, -0.15) is 0 Å². The van der Waals surface area contributed by atoms with Crippen molar-refractivity contribution in [2.24, 2.45) is 0 Å². The Morgan fingerprint density at radius 1 is 1.22 bits per heavy atom. The van der Waals surface area contributed by atoms with Crippen molar-refractivity contribution in [3.8, 4) is 0 Å². The van der Waals surface area contributed by atoms with Crippen LogP contribution in [-0.4, -0.2) is 21.0 Å². The van der Waals surface area contributed by atoms with Crippen molar-refractivity contribution in [3.63, 3.8) is 0 Å². The zero-order chi connectivity index (χ0) is 23.0. The normalized spacial score (nSPS) is 18.0. The molecule has 32 heavy (non-hydrogen) atoms. The molecule has 0 spiro atoms. The van der Waals surface area contributed by atoms with Crippen molar-refractivity contribution in [2.45, 2.75) is 46.2 Å². The van der Waals surface area contributed by atoms with Gasteiger partial charge in [0.05, 0.1) is 17.8 Å². The average Bonchev–Trinajstić information content (AvgIpc) is 3.24. The maximum absolute atomic E-state index is 11.9. The Hall–Kier alpha value is -2.46. The Labute approximate surface area is 207 Å². The Bertz CT molecular complexity index is 1180. The van der Waals surface area contributed by atoms with Gasteiger partial charge in [-0.15, -0.1) is 0 Å². The Kier molecular flexibility index (Phi) is 6.52. The summed E-state index contributed by atoms with van der Waals surface area (Å²) in [6.45, 7) is 8.04. The molecular weight excluding hydrogens is 533 g/mol. The van der Waals surface area contributed by atoms with Gasteiger partial charge < -0.3 is 20.5 Å². The zero-order valence-electron chi connectivity index (χ0n) is 18.5. The summed E-state index contributed by atoms with van der Waals surface area (Å²) in [6, 6.07) is 11.8. The fraction of sp³-hybridized carbons (Fsp3) is 0.292. The van der Waals surface area contributed by atoms with E-state index >= 15 is 0 Å². The van der Waals surface area contributed by atoms with Crippen molar-refractivity contribution in [1.29, 1.82) is 0 Å². The standard InChI is InChI=1S/C24H26IN5OS/c1-5-19(31)28-17-10-9-16(12-13(17)2)30-23(20-14(3)27-15(4)21(20)25)22(29-24(30)32)18-8-6-7-11-26-18/h6-12,22-23,27H,5H2,1-4H3,(H,28,31)(H,29,32)/t22-,23+/m1/s1. The number of carbonyl (C=O) groups excluding carboxylic acids is 1. The maximum atomic E-state index is 11.9. The number of halogens is 1. The van der Waals surface area contributed by atoms with E-state index in [-0.39, 0.29) is 18.0 Å². The molecule has 1 amide bonds. The van der Waals surface area contributed by atoms with Crippen molar-refractivity contribution >= 4 is 57.2 Å². The number of nitrogens with one attached hydrogen (secondary N) is 3. The van der Waals surface area contributed by atoms with Crippen LogP contribution in [-0.2, 0) is 4.79 Å². The molecule has 3 heterocycles. The molecule has 6 nitrogen and oxygen atoms in total. The van der Waals surface area contributed by atoms with Crippen LogP contribution in [0.2, 0.25) is 0 Å². The molecule has 2 aromatic heterocycles. The molecule has 1 aliphatic heterocycles. The second-order valence-corrected chi connectivity index (χ2v) is 9.47. The van der Waals surface area contributed by atoms with E-state index in [0.29, 0.717) is 11.5 Å². The fourth-order valence-corrected chi connectivity index (χ4v) is 5.43. The summed E-state index contributed by atoms with van der Waals surface area (Å²) < 4.78 is 1.20. The quantitative estimate of drug-likeness (QED) is 0.286. The van der Waals surface area contributed by atoms with E-state index in [4.69, 9.17) is 12.2 Å². The SMILES string of the molecule is CCC(=O)Nc1ccc(N2C(=S)N[C@H](c3ccccn3)[C@@H]2c2c(C)[nH]c(C)c2I)cc1C. The van der Waals surface area contributed by atoms with Gasteiger partial charge in [0.1, 0.15) is 0 Å². The maximum Gasteiger partial charge on any atom is 0.224 e. The summed E-state index contributed by atoms with van der Waals surface area (Å²) in [5, 5.41) is 7.14. The number of carbonyl (C=O) groups is 1. The first kappa shape index (κ1) is 22.7. The molecule has 0 radical (unpaired) electrons. The van der Waals surface area contributed by atoms with Crippen molar-refractivity contribution in [1.82, 2.24) is 15.3 Å². The van der Waals surface area contributed by atoms with Gasteiger partial charge in [0, 0.05) is 44.5 Å². The first-order valence-electron chi connectivity index (χ1n) is 10.6. The Morgan fingerprint density at radius 2 is 2.00 bits per heavy atom. The number of aromatic nitrogens is 2. The molecule has 1 aliphatic rings. The minimum absolute atomic E-state index is 0.000258. The van der Waals surface area contributed by atoms with Gasteiger partial charge in [-0.25, -0.2) is 0 Å². The van der Waals surface area contributed by atoms with Crippen LogP contribution in [0.1, 0.15) is 53.6 Å². The molecular formula is C24H26IN5OS. The van der Waals surface area contributed by atoms with Gasteiger partial charge in [0.2, 0.25) is 5.91 Å². The fourth-order valence-electron chi connectivity index (χ4n) is 4.22. The third-order valence-corrected chi connectivity index (χ3v) is 7.53. The van der Waals surface area contributed by atoms with Crippen molar-refractivity contribution in [2.75, 3.05) is 10.2 Å². The topological polar surface area (TPSA) is 73.1 Å². The molecule has 8 heteroatoms. The van der Waals surface area contributed by atoms with Crippen LogP contribution in [0.3, 0.4) is 0 Å². The predicted molar refractivity (Wildman–Crippen MR) is 141 cm³/mol. The monoisotopic (exact) mass is 559 g/mol. The second-order valence-electron chi connectivity index (χ2n) is 8.00. The van der Waals surface area contributed by atoms with Gasteiger partial charge in [0.25, 0.3) is 0 Å².